The molecule has 19 heavy (non-hydrogen) atoms. The molecular weight excluding hydrogens is 250 g/mol. The standard InChI is InChI=1S/C14H12F2N2O/c15-12-5-2-6-13(16)11(12)8-14(19)18-10-4-1-3-9(17)7-10/h1-7H,8,17H2,(H,18,19). The van der Waals surface area contributed by atoms with Gasteiger partial charge in [0.15, 0.2) is 0 Å². The number of rotatable bonds is 3. The zero-order valence-corrected chi connectivity index (χ0v) is 9.99. The summed E-state index contributed by atoms with van der Waals surface area (Å²) in [6, 6.07) is 10.0. The molecule has 2 rings (SSSR count). The molecule has 0 aromatic heterocycles. The minimum atomic E-state index is -0.734. The summed E-state index contributed by atoms with van der Waals surface area (Å²) >= 11 is 0. The first-order chi connectivity index (χ1) is 9.06. The third kappa shape index (κ3) is 3.28. The van der Waals surface area contributed by atoms with Crippen LogP contribution in [0.3, 0.4) is 0 Å². The average molecular weight is 262 g/mol. The molecule has 0 aliphatic rings. The highest BCUT2D eigenvalue weighted by Gasteiger charge is 2.13. The summed E-state index contributed by atoms with van der Waals surface area (Å²) in [7, 11) is 0. The molecule has 0 aliphatic heterocycles. The lowest BCUT2D eigenvalue weighted by atomic mass is 10.1. The molecule has 0 bridgehead atoms. The maximum absolute atomic E-state index is 13.4. The summed E-state index contributed by atoms with van der Waals surface area (Å²) in [6.45, 7) is 0. The van der Waals surface area contributed by atoms with Crippen LogP contribution in [0.25, 0.3) is 0 Å². The molecule has 3 nitrogen and oxygen atoms in total. The van der Waals surface area contributed by atoms with Crippen molar-refractivity contribution in [2.75, 3.05) is 11.1 Å². The predicted molar refractivity (Wildman–Crippen MR) is 69.5 cm³/mol. The predicted octanol–water partition coefficient (Wildman–Crippen LogP) is 2.73. The number of nitrogens with two attached hydrogens (primary N) is 1. The summed E-state index contributed by atoms with van der Waals surface area (Å²) in [5.41, 5.74) is 6.30. The van der Waals surface area contributed by atoms with Crippen molar-refractivity contribution in [1.82, 2.24) is 0 Å². The molecule has 0 spiro atoms. The quantitative estimate of drug-likeness (QED) is 0.836. The van der Waals surface area contributed by atoms with Crippen molar-refractivity contribution in [3.63, 3.8) is 0 Å². The monoisotopic (exact) mass is 262 g/mol. The van der Waals surface area contributed by atoms with Gasteiger partial charge < -0.3 is 11.1 Å². The molecule has 1 amide bonds. The van der Waals surface area contributed by atoms with Gasteiger partial charge in [-0.05, 0) is 30.3 Å². The number of halogens is 2. The summed E-state index contributed by atoms with van der Waals surface area (Å²) in [5.74, 6) is -1.97. The Kier molecular flexibility index (Phi) is 3.75. The zero-order valence-electron chi connectivity index (χ0n) is 9.99. The summed E-state index contributed by atoms with van der Waals surface area (Å²) in [4.78, 5) is 11.7. The third-order valence-corrected chi connectivity index (χ3v) is 2.57. The van der Waals surface area contributed by atoms with E-state index in [-0.39, 0.29) is 12.0 Å². The summed E-state index contributed by atoms with van der Waals surface area (Å²) < 4.78 is 26.7. The molecule has 0 unspecified atom stereocenters. The number of carbonyl (C=O) groups excluding carboxylic acids is 1. The van der Waals surface area contributed by atoms with Gasteiger partial charge in [-0.3, -0.25) is 4.79 Å². The molecule has 3 N–H and O–H groups in total. The van der Waals surface area contributed by atoms with Crippen molar-refractivity contribution in [3.05, 3.63) is 59.7 Å². The Morgan fingerprint density at radius 2 is 1.74 bits per heavy atom. The second-order valence-electron chi connectivity index (χ2n) is 4.05. The lowest BCUT2D eigenvalue weighted by Crippen LogP contribution is -2.16. The van der Waals surface area contributed by atoms with Crippen LogP contribution in [-0.2, 0) is 11.2 Å². The Morgan fingerprint density at radius 3 is 2.37 bits per heavy atom. The van der Waals surface area contributed by atoms with Gasteiger partial charge in [0.2, 0.25) is 5.91 Å². The van der Waals surface area contributed by atoms with E-state index in [1.54, 1.807) is 24.3 Å². The van der Waals surface area contributed by atoms with Crippen molar-refractivity contribution >= 4 is 17.3 Å². The van der Waals surface area contributed by atoms with Gasteiger partial charge in [0.05, 0.1) is 6.42 Å². The highest BCUT2D eigenvalue weighted by molar-refractivity contribution is 5.92. The second-order valence-corrected chi connectivity index (χ2v) is 4.05. The number of amides is 1. The molecule has 0 heterocycles. The number of hydrogen-bond acceptors (Lipinski definition) is 2. The van der Waals surface area contributed by atoms with Crippen LogP contribution in [0.4, 0.5) is 20.2 Å². The molecule has 0 fully saturated rings. The average Bonchev–Trinajstić information content (AvgIpc) is 2.34. The van der Waals surface area contributed by atoms with Gasteiger partial charge >= 0.3 is 0 Å². The van der Waals surface area contributed by atoms with E-state index in [2.05, 4.69) is 5.32 Å². The van der Waals surface area contributed by atoms with E-state index in [1.165, 1.54) is 6.07 Å². The summed E-state index contributed by atoms with van der Waals surface area (Å²) in [5, 5.41) is 2.53. The van der Waals surface area contributed by atoms with Crippen LogP contribution in [0.2, 0.25) is 0 Å². The van der Waals surface area contributed by atoms with E-state index < -0.39 is 17.5 Å². The van der Waals surface area contributed by atoms with Gasteiger partial charge in [-0.1, -0.05) is 12.1 Å². The van der Waals surface area contributed by atoms with Crippen molar-refractivity contribution < 1.29 is 13.6 Å². The number of nitrogens with one attached hydrogen (secondary N) is 1. The van der Waals surface area contributed by atoms with E-state index in [9.17, 15) is 13.6 Å². The largest absolute Gasteiger partial charge is 0.399 e. The molecule has 0 aliphatic carbocycles. The highest BCUT2D eigenvalue weighted by Crippen LogP contribution is 2.15. The first-order valence-electron chi connectivity index (χ1n) is 5.64. The SMILES string of the molecule is Nc1cccc(NC(=O)Cc2c(F)cccc2F)c1. The molecule has 0 saturated heterocycles. The van der Waals surface area contributed by atoms with E-state index in [1.807, 2.05) is 0 Å². The fourth-order valence-electron chi connectivity index (χ4n) is 1.68. The number of nitrogen functional groups attached to an aromatic ring is 1. The molecule has 98 valence electrons. The van der Waals surface area contributed by atoms with Crippen LogP contribution in [0, 0.1) is 11.6 Å². The Hall–Kier alpha value is -2.43. The molecule has 0 radical (unpaired) electrons. The van der Waals surface area contributed by atoms with Gasteiger partial charge in [0.1, 0.15) is 11.6 Å². The fraction of sp³-hybridized carbons (Fsp3) is 0.0714. The van der Waals surface area contributed by atoms with Crippen LogP contribution in [-0.4, -0.2) is 5.91 Å². The number of anilines is 2. The molecule has 5 heteroatoms. The van der Waals surface area contributed by atoms with E-state index in [0.717, 1.165) is 12.1 Å². The Bertz CT molecular complexity index is 594. The van der Waals surface area contributed by atoms with E-state index >= 15 is 0 Å². The smallest absolute Gasteiger partial charge is 0.229 e. The molecule has 2 aromatic carbocycles. The van der Waals surface area contributed by atoms with Crippen LogP contribution in [0.15, 0.2) is 42.5 Å². The van der Waals surface area contributed by atoms with Gasteiger partial charge in [-0.2, -0.15) is 0 Å². The molecular formula is C14H12F2N2O. The first-order valence-corrected chi connectivity index (χ1v) is 5.64. The maximum Gasteiger partial charge on any atom is 0.229 e. The van der Waals surface area contributed by atoms with Crippen LogP contribution >= 0.6 is 0 Å². The Balaban J connectivity index is 2.10. The van der Waals surface area contributed by atoms with Crippen molar-refractivity contribution in [2.24, 2.45) is 0 Å². The van der Waals surface area contributed by atoms with Crippen molar-refractivity contribution in [3.8, 4) is 0 Å². The lowest BCUT2D eigenvalue weighted by Gasteiger charge is -2.07. The maximum atomic E-state index is 13.4. The van der Waals surface area contributed by atoms with Gasteiger partial charge in [0.25, 0.3) is 0 Å². The highest BCUT2D eigenvalue weighted by atomic mass is 19.1. The number of carbonyl (C=O) groups is 1. The third-order valence-electron chi connectivity index (χ3n) is 2.57. The van der Waals surface area contributed by atoms with E-state index in [0.29, 0.717) is 11.4 Å². The number of hydrogen-bond donors (Lipinski definition) is 2. The van der Waals surface area contributed by atoms with Crippen LogP contribution in [0.5, 0.6) is 0 Å². The first kappa shape index (κ1) is 13.0. The van der Waals surface area contributed by atoms with Crippen LogP contribution < -0.4 is 11.1 Å². The second kappa shape index (κ2) is 5.48. The normalized spacial score (nSPS) is 10.2. The van der Waals surface area contributed by atoms with E-state index in [4.69, 9.17) is 5.73 Å². The van der Waals surface area contributed by atoms with Crippen LogP contribution in [0.1, 0.15) is 5.56 Å². The summed E-state index contributed by atoms with van der Waals surface area (Å²) in [6.07, 6.45) is -0.368. The van der Waals surface area contributed by atoms with Gasteiger partial charge in [-0.25, -0.2) is 8.78 Å². The van der Waals surface area contributed by atoms with Gasteiger partial charge in [0, 0.05) is 16.9 Å². The molecule has 0 atom stereocenters. The number of benzene rings is 2. The zero-order chi connectivity index (χ0) is 13.8. The Morgan fingerprint density at radius 1 is 1.11 bits per heavy atom. The minimum absolute atomic E-state index is 0.246. The Labute approximate surface area is 109 Å². The molecule has 0 saturated carbocycles. The minimum Gasteiger partial charge on any atom is -0.399 e. The van der Waals surface area contributed by atoms with Crippen molar-refractivity contribution in [1.29, 1.82) is 0 Å². The van der Waals surface area contributed by atoms with Gasteiger partial charge in [-0.15, -0.1) is 0 Å². The molecule has 2 aromatic rings. The fourth-order valence-corrected chi connectivity index (χ4v) is 1.68. The van der Waals surface area contributed by atoms with Crippen molar-refractivity contribution in [2.45, 2.75) is 6.42 Å². The lowest BCUT2D eigenvalue weighted by molar-refractivity contribution is -0.115. The topological polar surface area (TPSA) is 55.1 Å².